The number of pyridine rings is 2. The Balaban J connectivity index is 2.05. The lowest BCUT2D eigenvalue weighted by Crippen LogP contribution is -2.34. The maximum Gasteiger partial charge on any atom is 0.257 e. The summed E-state index contributed by atoms with van der Waals surface area (Å²) >= 11 is -2.21. The van der Waals surface area contributed by atoms with Gasteiger partial charge in [-0.1, -0.05) is 13.8 Å². The Morgan fingerprint density at radius 2 is 2.09 bits per heavy atom. The van der Waals surface area contributed by atoms with Crippen molar-refractivity contribution < 1.29 is 27.8 Å². The molecule has 0 saturated carbocycles. The van der Waals surface area contributed by atoms with Crippen LogP contribution in [0.5, 0.6) is 11.6 Å². The first-order valence-corrected chi connectivity index (χ1v) is 11.9. The molecule has 3 rings (SSSR count). The number of nitrogens with one attached hydrogen (secondary N) is 1. The minimum absolute atomic E-state index is 0.0387. The highest BCUT2D eigenvalue weighted by atomic mass is 32.2. The second kappa shape index (κ2) is 10.9. The van der Waals surface area contributed by atoms with Crippen molar-refractivity contribution in [3.63, 3.8) is 0 Å². The van der Waals surface area contributed by atoms with Crippen molar-refractivity contribution in [3.8, 4) is 23.0 Å². The molecule has 0 bridgehead atoms. The summed E-state index contributed by atoms with van der Waals surface area (Å²) in [5.74, 6) is -0.133. The SMILES string of the molecule is COCCCOc1cc2c(nc1OC)-c1cc(=O)c(C(=O)NCS(=O)O)cn1[C@H](C(C)C)C2. The zero-order valence-electron chi connectivity index (χ0n) is 19.1. The van der Waals surface area contributed by atoms with Crippen molar-refractivity contribution in [1.82, 2.24) is 14.9 Å². The lowest BCUT2D eigenvalue weighted by Gasteiger charge is -2.33. The zero-order valence-corrected chi connectivity index (χ0v) is 19.9. The fraction of sp³-hybridized carbons (Fsp3) is 0.500. The molecule has 33 heavy (non-hydrogen) atoms. The van der Waals surface area contributed by atoms with Crippen LogP contribution in [0, 0.1) is 5.92 Å². The van der Waals surface area contributed by atoms with Gasteiger partial charge in [0.25, 0.3) is 11.8 Å². The van der Waals surface area contributed by atoms with Crippen LogP contribution in [0.2, 0.25) is 0 Å². The van der Waals surface area contributed by atoms with Crippen molar-refractivity contribution in [3.05, 3.63) is 39.7 Å². The first-order valence-electron chi connectivity index (χ1n) is 10.6. The van der Waals surface area contributed by atoms with Crippen LogP contribution in [0.25, 0.3) is 11.4 Å². The Morgan fingerprint density at radius 1 is 1.33 bits per heavy atom. The number of rotatable bonds is 10. The smallest absolute Gasteiger partial charge is 0.257 e. The number of nitrogens with zero attached hydrogens (tertiary/aromatic N) is 2. The van der Waals surface area contributed by atoms with Gasteiger partial charge in [-0.25, -0.2) is 9.19 Å². The van der Waals surface area contributed by atoms with Crippen molar-refractivity contribution in [2.75, 3.05) is 33.3 Å². The van der Waals surface area contributed by atoms with Crippen molar-refractivity contribution in [2.45, 2.75) is 32.7 Å². The van der Waals surface area contributed by atoms with Crippen LogP contribution in [0.3, 0.4) is 0 Å². The quantitative estimate of drug-likeness (QED) is 0.391. The van der Waals surface area contributed by atoms with Gasteiger partial charge in [0.1, 0.15) is 11.4 Å². The summed E-state index contributed by atoms with van der Waals surface area (Å²) in [7, 11) is 3.14. The van der Waals surface area contributed by atoms with Gasteiger partial charge in [0.2, 0.25) is 0 Å². The molecule has 2 N–H and O–H groups in total. The Morgan fingerprint density at radius 3 is 2.73 bits per heavy atom. The molecule has 0 radical (unpaired) electrons. The van der Waals surface area contributed by atoms with Crippen LogP contribution in [0.4, 0.5) is 0 Å². The van der Waals surface area contributed by atoms with E-state index in [-0.39, 0.29) is 17.5 Å². The third-order valence-electron chi connectivity index (χ3n) is 5.46. The van der Waals surface area contributed by atoms with E-state index in [1.165, 1.54) is 19.4 Å². The molecule has 0 fully saturated rings. The molecule has 1 unspecified atom stereocenters. The van der Waals surface area contributed by atoms with Gasteiger partial charge in [-0.3, -0.25) is 9.59 Å². The van der Waals surface area contributed by atoms with Gasteiger partial charge >= 0.3 is 0 Å². The summed E-state index contributed by atoms with van der Waals surface area (Å²) in [5, 5.41) is 2.30. The predicted octanol–water partition coefficient (Wildman–Crippen LogP) is 2.00. The number of hydrogen-bond donors (Lipinski definition) is 2. The minimum atomic E-state index is -2.21. The van der Waals surface area contributed by atoms with E-state index in [4.69, 9.17) is 18.8 Å². The van der Waals surface area contributed by atoms with E-state index >= 15 is 0 Å². The van der Waals surface area contributed by atoms with E-state index in [1.54, 1.807) is 7.11 Å². The fourth-order valence-corrected chi connectivity index (χ4v) is 4.07. The molecular weight excluding hydrogens is 450 g/mol. The molecule has 0 aromatic carbocycles. The number of aromatic nitrogens is 2. The monoisotopic (exact) mass is 479 g/mol. The fourth-order valence-electron chi connectivity index (χ4n) is 3.82. The van der Waals surface area contributed by atoms with Crippen LogP contribution >= 0.6 is 0 Å². The number of fused-ring (bicyclic) bond motifs is 3. The van der Waals surface area contributed by atoms with Gasteiger partial charge in [-0.15, -0.1) is 0 Å². The molecule has 2 atom stereocenters. The van der Waals surface area contributed by atoms with Gasteiger partial charge < -0.3 is 28.6 Å². The molecule has 0 spiro atoms. The van der Waals surface area contributed by atoms with Crippen LogP contribution in [0.15, 0.2) is 23.1 Å². The molecular formula is C22H29N3O7S. The van der Waals surface area contributed by atoms with Crippen LogP contribution in [-0.4, -0.2) is 57.5 Å². The molecule has 1 aliphatic rings. The molecule has 11 heteroatoms. The van der Waals surface area contributed by atoms with E-state index in [2.05, 4.69) is 24.1 Å². The van der Waals surface area contributed by atoms with Gasteiger partial charge in [0.15, 0.2) is 22.3 Å². The number of amides is 1. The Kier molecular flexibility index (Phi) is 8.22. The average molecular weight is 480 g/mol. The van der Waals surface area contributed by atoms with Crippen LogP contribution < -0.4 is 20.2 Å². The summed E-state index contributed by atoms with van der Waals surface area (Å²) in [4.78, 5) is 29.8. The number of carbonyl (C=O) groups excluding carboxylic acids is 1. The topological polar surface area (TPSA) is 129 Å². The van der Waals surface area contributed by atoms with E-state index < -0.39 is 28.3 Å². The highest BCUT2D eigenvalue weighted by molar-refractivity contribution is 7.79. The Hall–Kier alpha value is -2.76. The summed E-state index contributed by atoms with van der Waals surface area (Å²) < 4.78 is 38.1. The molecule has 180 valence electrons. The van der Waals surface area contributed by atoms with Crippen molar-refractivity contribution in [1.29, 1.82) is 0 Å². The maximum absolute atomic E-state index is 12.8. The summed E-state index contributed by atoms with van der Waals surface area (Å²) in [6.45, 7) is 5.15. The van der Waals surface area contributed by atoms with E-state index in [9.17, 15) is 13.8 Å². The first-order chi connectivity index (χ1) is 15.8. The predicted molar refractivity (Wildman–Crippen MR) is 123 cm³/mol. The van der Waals surface area contributed by atoms with Gasteiger partial charge in [-0.2, -0.15) is 0 Å². The van der Waals surface area contributed by atoms with Crippen LogP contribution in [-0.2, 0) is 22.2 Å². The standard InChI is InChI=1S/C22H29N3O7S/c1-13(2)16-8-14-9-19(32-7-5-6-30-3)22(31-4)24-20(14)17-10-18(26)15(11-25(16)17)21(27)23-12-33(28)29/h9-11,13,16H,5-8,12H2,1-4H3,(H,23,27)(H,28,29)/t16-/m0/s1. The van der Waals surface area contributed by atoms with Crippen molar-refractivity contribution in [2.24, 2.45) is 5.92 Å². The molecule has 10 nitrogen and oxygen atoms in total. The molecule has 1 aliphatic heterocycles. The maximum atomic E-state index is 12.8. The van der Waals surface area contributed by atoms with E-state index in [0.29, 0.717) is 42.7 Å². The van der Waals surface area contributed by atoms with Gasteiger partial charge in [0, 0.05) is 38.4 Å². The summed E-state index contributed by atoms with van der Waals surface area (Å²) in [5.41, 5.74) is 1.49. The second-order valence-corrected chi connectivity index (χ2v) is 8.96. The Labute approximate surface area is 194 Å². The zero-order chi connectivity index (χ0) is 24.1. The Bertz CT molecular complexity index is 1100. The molecule has 2 aromatic heterocycles. The summed E-state index contributed by atoms with van der Waals surface area (Å²) in [6.07, 6.45) is 2.85. The normalized spacial score (nSPS) is 15.5. The second-order valence-electron chi connectivity index (χ2n) is 8.03. The lowest BCUT2D eigenvalue weighted by atomic mass is 9.89. The average Bonchev–Trinajstić information content (AvgIpc) is 2.78. The molecule has 0 aliphatic carbocycles. The van der Waals surface area contributed by atoms with Gasteiger partial charge in [-0.05, 0) is 24.0 Å². The largest absolute Gasteiger partial charge is 0.488 e. The van der Waals surface area contributed by atoms with E-state index in [0.717, 1.165) is 12.0 Å². The molecule has 2 aromatic rings. The first kappa shape index (κ1) is 24.9. The third kappa shape index (κ3) is 5.60. The highest BCUT2D eigenvalue weighted by Gasteiger charge is 2.30. The number of ether oxygens (including phenoxy) is 3. The number of carbonyl (C=O) groups is 1. The highest BCUT2D eigenvalue weighted by Crippen LogP contribution is 2.40. The molecule has 1 amide bonds. The number of methoxy groups -OCH3 is 2. The number of hydrogen-bond acceptors (Lipinski definition) is 7. The lowest BCUT2D eigenvalue weighted by molar-refractivity contribution is 0.0957. The van der Waals surface area contributed by atoms with Crippen molar-refractivity contribution >= 4 is 17.0 Å². The third-order valence-corrected chi connectivity index (χ3v) is 5.85. The van der Waals surface area contributed by atoms with Crippen LogP contribution in [0.1, 0.15) is 42.2 Å². The van der Waals surface area contributed by atoms with Gasteiger partial charge in [0.05, 0.1) is 25.1 Å². The van der Waals surface area contributed by atoms with E-state index in [1.807, 2.05) is 10.6 Å². The minimum Gasteiger partial charge on any atom is -0.488 e. The molecule has 0 saturated heterocycles. The summed E-state index contributed by atoms with van der Waals surface area (Å²) in [6, 6.07) is 3.24. The molecule has 3 heterocycles.